The summed E-state index contributed by atoms with van der Waals surface area (Å²) in [7, 11) is 0. The lowest BCUT2D eigenvalue weighted by Crippen LogP contribution is -2.11. The van der Waals surface area contributed by atoms with E-state index in [1.807, 2.05) is 30.3 Å². The highest BCUT2D eigenvalue weighted by molar-refractivity contribution is 5.33. The zero-order valence-electron chi connectivity index (χ0n) is 11.6. The Morgan fingerprint density at radius 1 is 1.10 bits per heavy atom. The number of hydrogen-bond donors (Lipinski definition) is 1. The van der Waals surface area contributed by atoms with Crippen LogP contribution in [0.2, 0.25) is 0 Å². The van der Waals surface area contributed by atoms with E-state index in [4.69, 9.17) is 10.00 Å². The molecule has 0 aliphatic heterocycles. The number of nitrogens with one attached hydrogen (secondary N) is 1. The fourth-order valence-electron chi connectivity index (χ4n) is 1.87. The predicted molar refractivity (Wildman–Crippen MR) is 79.3 cm³/mol. The van der Waals surface area contributed by atoms with E-state index in [1.54, 1.807) is 6.07 Å². The highest BCUT2D eigenvalue weighted by Gasteiger charge is 1.98. The third-order valence-corrected chi connectivity index (χ3v) is 2.96. The maximum atomic E-state index is 8.85. The predicted octanol–water partition coefficient (Wildman–Crippen LogP) is 3.25. The van der Waals surface area contributed by atoms with Gasteiger partial charge in [0.15, 0.2) is 0 Å². The van der Waals surface area contributed by atoms with Crippen LogP contribution in [-0.4, -0.2) is 6.54 Å². The van der Waals surface area contributed by atoms with E-state index < -0.39 is 0 Å². The summed E-state index contributed by atoms with van der Waals surface area (Å²) < 4.78 is 5.72. The van der Waals surface area contributed by atoms with Gasteiger partial charge < -0.3 is 10.1 Å². The second kappa shape index (κ2) is 7.32. The number of rotatable bonds is 6. The third-order valence-electron chi connectivity index (χ3n) is 2.96. The van der Waals surface area contributed by atoms with Crippen LogP contribution >= 0.6 is 0 Å². The Morgan fingerprint density at radius 3 is 2.60 bits per heavy atom. The van der Waals surface area contributed by atoms with E-state index in [2.05, 4.69) is 30.4 Å². The number of benzene rings is 2. The molecule has 3 nitrogen and oxygen atoms in total. The van der Waals surface area contributed by atoms with E-state index in [-0.39, 0.29) is 0 Å². The van der Waals surface area contributed by atoms with Gasteiger partial charge in [-0.25, -0.2) is 0 Å². The van der Waals surface area contributed by atoms with Crippen molar-refractivity contribution in [3.63, 3.8) is 0 Å². The molecule has 0 aromatic heterocycles. The topological polar surface area (TPSA) is 45.0 Å². The van der Waals surface area contributed by atoms with Crippen molar-refractivity contribution in [3.8, 4) is 11.8 Å². The van der Waals surface area contributed by atoms with E-state index in [0.717, 1.165) is 24.4 Å². The molecule has 0 spiro atoms. The second-order valence-corrected chi connectivity index (χ2v) is 4.53. The van der Waals surface area contributed by atoms with Crippen LogP contribution in [0.1, 0.15) is 23.6 Å². The van der Waals surface area contributed by atoms with E-state index >= 15 is 0 Å². The third kappa shape index (κ3) is 4.11. The summed E-state index contributed by atoms with van der Waals surface area (Å²) in [5, 5.41) is 12.1. The fraction of sp³-hybridized carbons (Fsp3) is 0.235. The Labute approximate surface area is 119 Å². The van der Waals surface area contributed by atoms with Crippen molar-refractivity contribution < 1.29 is 4.74 Å². The molecule has 0 heterocycles. The van der Waals surface area contributed by atoms with E-state index in [0.29, 0.717) is 12.2 Å². The van der Waals surface area contributed by atoms with Crippen molar-refractivity contribution >= 4 is 0 Å². The van der Waals surface area contributed by atoms with Gasteiger partial charge in [-0.1, -0.05) is 31.2 Å². The highest BCUT2D eigenvalue weighted by Crippen LogP contribution is 2.14. The molecule has 0 amide bonds. The van der Waals surface area contributed by atoms with Crippen molar-refractivity contribution in [1.29, 1.82) is 5.26 Å². The van der Waals surface area contributed by atoms with Gasteiger partial charge in [-0.05, 0) is 41.9 Å². The Bertz CT molecular complexity index is 585. The lowest BCUT2D eigenvalue weighted by Gasteiger charge is -2.08. The number of hydrogen-bond acceptors (Lipinski definition) is 3. The molecule has 2 rings (SSSR count). The fourth-order valence-corrected chi connectivity index (χ4v) is 1.87. The first kappa shape index (κ1) is 14.1. The van der Waals surface area contributed by atoms with Crippen LogP contribution in [0.4, 0.5) is 0 Å². The van der Waals surface area contributed by atoms with Gasteiger partial charge in [0.2, 0.25) is 0 Å². The largest absolute Gasteiger partial charge is 0.489 e. The summed E-state index contributed by atoms with van der Waals surface area (Å²) in [5.41, 5.74) is 2.90. The second-order valence-electron chi connectivity index (χ2n) is 4.53. The number of nitriles is 1. The summed E-state index contributed by atoms with van der Waals surface area (Å²) in [6.07, 6.45) is 0. The minimum atomic E-state index is 0.474. The molecule has 0 atom stereocenters. The van der Waals surface area contributed by atoms with Gasteiger partial charge in [-0.2, -0.15) is 5.26 Å². The van der Waals surface area contributed by atoms with Crippen LogP contribution in [0.15, 0.2) is 48.5 Å². The van der Waals surface area contributed by atoms with Gasteiger partial charge in [-0.3, -0.25) is 0 Å². The van der Waals surface area contributed by atoms with Gasteiger partial charge in [0.05, 0.1) is 11.6 Å². The molecule has 0 bridgehead atoms. The first-order valence-electron chi connectivity index (χ1n) is 6.73. The first-order valence-corrected chi connectivity index (χ1v) is 6.73. The van der Waals surface area contributed by atoms with Crippen LogP contribution in [-0.2, 0) is 13.2 Å². The standard InChI is InChI=1S/C17H18N2O/c1-2-19-12-14-6-8-17(9-7-14)20-13-16-5-3-4-15(10-16)11-18/h3-10,19H,2,12-13H2,1H3. The van der Waals surface area contributed by atoms with Gasteiger partial charge in [-0.15, -0.1) is 0 Å². The Hall–Kier alpha value is -2.31. The van der Waals surface area contributed by atoms with E-state index in [9.17, 15) is 0 Å². The quantitative estimate of drug-likeness (QED) is 0.873. The summed E-state index contributed by atoms with van der Waals surface area (Å²) in [5.74, 6) is 0.840. The molecule has 0 aliphatic rings. The summed E-state index contributed by atoms with van der Waals surface area (Å²) in [6.45, 7) is 4.41. The molecule has 2 aromatic rings. The molecule has 0 aliphatic carbocycles. The molecule has 3 heteroatoms. The maximum Gasteiger partial charge on any atom is 0.119 e. The molecule has 20 heavy (non-hydrogen) atoms. The van der Waals surface area contributed by atoms with Gasteiger partial charge in [0, 0.05) is 6.54 Å². The van der Waals surface area contributed by atoms with Gasteiger partial charge >= 0.3 is 0 Å². The van der Waals surface area contributed by atoms with Crippen molar-refractivity contribution in [3.05, 3.63) is 65.2 Å². The van der Waals surface area contributed by atoms with Crippen molar-refractivity contribution in [1.82, 2.24) is 5.32 Å². The number of ether oxygens (including phenoxy) is 1. The lowest BCUT2D eigenvalue weighted by atomic mass is 10.1. The van der Waals surface area contributed by atoms with Crippen LogP contribution in [0.25, 0.3) is 0 Å². The Morgan fingerprint density at radius 2 is 1.90 bits per heavy atom. The normalized spacial score (nSPS) is 10.0. The average Bonchev–Trinajstić information content (AvgIpc) is 2.52. The molecule has 0 saturated heterocycles. The average molecular weight is 266 g/mol. The monoisotopic (exact) mass is 266 g/mol. The zero-order chi connectivity index (χ0) is 14.2. The van der Waals surface area contributed by atoms with Crippen LogP contribution < -0.4 is 10.1 Å². The maximum absolute atomic E-state index is 8.85. The zero-order valence-corrected chi connectivity index (χ0v) is 11.6. The van der Waals surface area contributed by atoms with Crippen molar-refractivity contribution in [2.45, 2.75) is 20.1 Å². The molecule has 0 saturated carbocycles. The molecular weight excluding hydrogens is 248 g/mol. The van der Waals surface area contributed by atoms with Crippen molar-refractivity contribution in [2.24, 2.45) is 0 Å². The molecule has 2 aromatic carbocycles. The van der Waals surface area contributed by atoms with Crippen LogP contribution in [0.3, 0.4) is 0 Å². The smallest absolute Gasteiger partial charge is 0.119 e. The molecule has 0 unspecified atom stereocenters. The van der Waals surface area contributed by atoms with Crippen molar-refractivity contribution in [2.75, 3.05) is 6.54 Å². The minimum Gasteiger partial charge on any atom is -0.489 e. The Kier molecular flexibility index (Phi) is 5.16. The number of nitrogens with zero attached hydrogens (tertiary/aromatic N) is 1. The minimum absolute atomic E-state index is 0.474. The SMILES string of the molecule is CCNCc1ccc(OCc2cccc(C#N)c2)cc1. The molecule has 102 valence electrons. The van der Waals surface area contributed by atoms with Gasteiger partial charge in [0.25, 0.3) is 0 Å². The summed E-state index contributed by atoms with van der Waals surface area (Å²) in [4.78, 5) is 0. The van der Waals surface area contributed by atoms with Gasteiger partial charge in [0.1, 0.15) is 12.4 Å². The van der Waals surface area contributed by atoms with E-state index in [1.165, 1.54) is 5.56 Å². The Balaban J connectivity index is 1.92. The first-order chi connectivity index (χ1) is 9.81. The summed E-state index contributed by atoms with van der Waals surface area (Å²) >= 11 is 0. The molecule has 0 fully saturated rings. The lowest BCUT2D eigenvalue weighted by molar-refractivity contribution is 0.306. The highest BCUT2D eigenvalue weighted by atomic mass is 16.5. The molecule has 1 N–H and O–H groups in total. The molecule has 0 radical (unpaired) electrons. The molecular formula is C17H18N2O. The summed E-state index contributed by atoms with van der Waals surface area (Å²) in [6, 6.07) is 17.7. The van der Waals surface area contributed by atoms with Crippen LogP contribution in [0, 0.1) is 11.3 Å². The van der Waals surface area contributed by atoms with Crippen LogP contribution in [0.5, 0.6) is 5.75 Å².